The number of carbonyl (C=O) groups is 1. The fourth-order valence-corrected chi connectivity index (χ4v) is 3.17. The van der Waals surface area contributed by atoms with Crippen molar-refractivity contribution in [1.29, 1.82) is 0 Å². The van der Waals surface area contributed by atoms with E-state index in [-0.39, 0.29) is 17.0 Å². The summed E-state index contributed by atoms with van der Waals surface area (Å²) in [5, 5.41) is 2.56. The molecule has 1 atom stereocenters. The molecule has 0 saturated heterocycles. The van der Waals surface area contributed by atoms with Crippen LogP contribution >= 0.6 is 0 Å². The second-order valence-electron chi connectivity index (χ2n) is 5.05. The van der Waals surface area contributed by atoms with E-state index in [0.717, 1.165) is 12.1 Å². The van der Waals surface area contributed by atoms with E-state index >= 15 is 0 Å². The van der Waals surface area contributed by atoms with Gasteiger partial charge in [0.05, 0.1) is 23.7 Å². The summed E-state index contributed by atoms with van der Waals surface area (Å²) in [6, 6.07) is 5.83. The molecule has 2 N–H and O–H groups in total. The highest BCUT2D eigenvalue weighted by atomic mass is 32.2. The largest absolute Gasteiger partial charge is 0.467 e. The van der Waals surface area contributed by atoms with Crippen LogP contribution in [0.15, 0.2) is 45.9 Å². The number of amides is 1. The third-order valence-electron chi connectivity index (χ3n) is 3.18. The second kappa shape index (κ2) is 6.93. The topological polar surface area (TPSA) is 88.4 Å². The van der Waals surface area contributed by atoms with Gasteiger partial charge in [0.2, 0.25) is 15.9 Å². The van der Waals surface area contributed by atoms with E-state index in [4.69, 9.17) is 4.42 Å². The predicted molar refractivity (Wildman–Crippen MR) is 81.5 cm³/mol. The predicted octanol–water partition coefficient (Wildman–Crippen LogP) is 1.71. The standard InChI is InChI=1S/C15H17FN2O4S/c1-10-8-13(5-6-14(10)16)23(20,21)18-11(2)15(19)17-9-12-4-3-7-22-12/h3-8,11,18H,9H2,1-2H3,(H,17,19)/t11-/m0/s1. The Morgan fingerprint density at radius 2 is 2.09 bits per heavy atom. The molecule has 2 aromatic rings. The summed E-state index contributed by atoms with van der Waals surface area (Å²) in [7, 11) is -3.92. The lowest BCUT2D eigenvalue weighted by molar-refractivity contribution is -0.122. The van der Waals surface area contributed by atoms with E-state index in [1.807, 2.05) is 0 Å². The molecule has 0 aliphatic rings. The number of carbonyl (C=O) groups excluding carboxylic acids is 1. The summed E-state index contributed by atoms with van der Waals surface area (Å²) >= 11 is 0. The second-order valence-corrected chi connectivity index (χ2v) is 6.77. The number of nitrogens with one attached hydrogen (secondary N) is 2. The van der Waals surface area contributed by atoms with E-state index in [1.54, 1.807) is 12.1 Å². The lowest BCUT2D eigenvalue weighted by Crippen LogP contribution is -2.44. The van der Waals surface area contributed by atoms with Crippen LogP contribution in [-0.4, -0.2) is 20.4 Å². The number of sulfonamides is 1. The highest BCUT2D eigenvalue weighted by Gasteiger charge is 2.22. The molecule has 0 saturated carbocycles. The van der Waals surface area contributed by atoms with Gasteiger partial charge in [-0.3, -0.25) is 4.79 Å². The van der Waals surface area contributed by atoms with E-state index in [0.29, 0.717) is 5.76 Å². The van der Waals surface area contributed by atoms with Gasteiger partial charge >= 0.3 is 0 Å². The van der Waals surface area contributed by atoms with Crippen molar-refractivity contribution in [3.8, 4) is 0 Å². The summed E-state index contributed by atoms with van der Waals surface area (Å²) in [4.78, 5) is 11.8. The van der Waals surface area contributed by atoms with Gasteiger partial charge < -0.3 is 9.73 Å². The SMILES string of the molecule is Cc1cc(S(=O)(=O)N[C@@H](C)C(=O)NCc2ccco2)ccc1F. The molecule has 23 heavy (non-hydrogen) atoms. The first-order valence-corrected chi connectivity index (χ1v) is 8.36. The lowest BCUT2D eigenvalue weighted by atomic mass is 10.2. The van der Waals surface area contributed by atoms with Gasteiger partial charge in [0.25, 0.3) is 0 Å². The molecule has 8 heteroatoms. The number of aryl methyl sites for hydroxylation is 1. The molecule has 0 aliphatic carbocycles. The molecule has 0 unspecified atom stereocenters. The van der Waals surface area contributed by atoms with Crippen molar-refractivity contribution in [1.82, 2.24) is 10.0 Å². The molecule has 1 aromatic heterocycles. The number of benzene rings is 1. The van der Waals surface area contributed by atoms with E-state index in [9.17, 15) is 17.6 Å². The van der Waals surface area contributed by atoms with Crippen LogP contribution in [0, 0.1) is 12.7 Å². The lowest BCUT2D eigenvalue weighted by Gasteiger charge is -2.14. The molecule has 0 spiro atoms. The van der Waals surface area contributed by atoms with Crippen LogP contribution in [-0.2, 0) is 21.4 Å². The van der Waals surface area contributed by atoms with Gasteiger partial charge in [-0.2, -0.15) is 4.72 Å². The van der Waals surface area contributed by atoms with Crippen LogP contribution in [0.5, 0.6) is 0 Å². The molecule has 0 bridgehead atoms. The van der Waals surface area contributed by atoms with Crippen LogP contribution in [0.25, 0.3) is 0 Å². The molecule has 124 valence electrons. The highest BCUT2D eigenvalue weighted by molar-refractivity contribution is 7.89. The zero-order valence-electron chi connectivity index (χ0n) is 12.7. The minimum atomic E-state index is -3.92. The van der Waals surface area contributed by atoms with Gasteiger partial charge in [0, 0.05) is 0 Å². The minimum absolute atomic E-state index is 0.0953. The van der Waals surface area contributed by atoms with Crippen molar-refractivity contribution in [3.05, 3.63) is 53.7 Å². The maximum atomic E-state index is 13.2. The third-order valence-corrected chi connectivity index (χ3v) is 4.72. The molecule has 0 fully saturated rings. The zero-order valence-corrected chi connectivity index (χ0v) is 13.5. The van der Waals surface area contributed by atoms with Gasteiger partial charge in [-0.05, 0) is 49.7 Å². The van der Waals surface area contributed by atoms with Crippen molar-refractivity contribution >= 4 is 15.9 Å². The van der Waals surface area contributed by atoms with Crippen LogP contribution in [0.1, 0.15) is 18.2 Å². The summed E-state index contributed by atoms with van der Waals surface area (Å²) in [5.74, 6) is -0.431. The van der Waals surface area contributed by atoms with Gasteiger partial charge in [-0.25, -0.2) is 12.8 Å². The van der Waals surface area contributed by atoms with Crippen LogP contribution < -0.4 is 10.0 Å². The van der Waals surface area contributed by atoms with Crippen molar-refractivity contribution in [2.45, 2.75) is 31.3 Å². The molecule has 2 rings (SSSR count). The van der Waals surface area contributed by atoms with Gasteiger partial charge in [-0.15, -0.1) is 0 Å². The normalized spacial score (nSPS) is 12.8. The van der Waals surface area contributed by atoms with Crippen molar-refractivity contribution in [2.75, 3.05) is 0 Å². The molecule has 1 heterocycles. The smallest absolute Gasteiger partial charge is 0.241 e. The van der Waals surface area contributed by atoms with Crippen molar-refractivity contribution in [3.63, 3.8) is 0 Å². The molecular formula is C15H17FN2O4S. The number of hydrogen-bond acceptors (Lipinski definition) is 4. The quantitative estimate of drug-likeness (QED) is 0.838. The van der Waals surface area contributed by atoms with E-state index < -0.39 is 27.8 Å². The Morgan fingerprint density at radius 3 is 2.70 bits per heavy atom. The Bertz CT molecular complexity index is 788. The number of furan rings is 1. The van der Waals surface area contributed by atoms with Gasteiger partial charge in [-0.1, -0.05) is 0 Å². The van der Waals surface area contributed by atoms with Crippen LogP contribution in [0.4, 0.5) is 4.39 Å². The molecule has 0 aliphatic heterocycles. The molecule has 6 nitrogen and oxygen atoms in total. The first-order chi connectivity index (χ1) is 10.8. The van der Waals surface area contributed by atoms with Gasteiger partial charge in [0.15, 0.2) is 0 Å². The first-order valence-electron chi connectivity index (χ1n) is 6.88. The summed E-state index contributed by atoms with van der Waals surface area (Å²) in [5.41, 5.74) is 0.211. The number of halogens is 1. The zero-order chi connectivity index (χ0) is 17.0. The maximum absolute atomic E-state index is 13.2. The number of rotatable bonds is 6. The van der Waals surface area contributed by atoms with E-state index in [1.165, 1.54) is 26.2 Å². The van der Waals surface area contributed by atoms with Crippen molar-refractivity contribution in [2.24, 2.45) is 0 Å². The van der Waals surface area contributed by atoms with Crippen molar-refractivity contribution < 1.29 is 22.0 Å². The summed E-state index contributed by atoms with van der Waals surface area (Å²) < 4.78 is 45.0. The van der Waals surface area contributed by atoms with E-state index in [2.05, 4.69) is 10.0 Å². The third kappa shape index (κ3) is 4.40. The summed E-state index contributed by atoms with van der Waals surface area (Å²) in [6.07, 6.45) is 1.48. The Balaban J connectivity index is 2.01. The summed E-state index contributed by atoms with van der Waals surface area (Å²) in [6.45, 7) is 3.05. The molecule has 0 radical (unpaired) electrons. The van der Waals surface area contributed by atoms with Crippen LogP contribution in [0.2, 0.25) is 0 Å². The highest BCUT2D eigenvalue weighted by Crippen LogP contribution is 2.14. The monoisotopic (exact) mass is 340 g/mol. The average Bonchev–Trinajstić information content (AvgIpc) is 3.00. The minimum Gasteiger partial charge on any atom is -0.467 e. The maximum Gasteiger partial charge on any atom is 0.241 e. The average molecular weight is 340 g/mol. The molecule has 1 amide bonds. The van der Waals surface area contributed by atoms with Gasteiger partial charge in [0.1, 0.15) is 11.6 Å². The Labute approximate surface area is 133 Å². The fraction of sp³-hybridized carbons (Fsp3) is 0.267. The first kappa shape index (κ1) is 17.2. The Kier molecular flexibility index (Phi) is 5.17. The molecular weight excluding hydrogens is 323 g/mol. The number of hydrogen-bond donors (Lipinski definition) is 2. The Hall–Kier alpha value is -2.19. The van der Waals surface area contributed by atoms with Crippen LogP contribution in [0.3, 0.4) is 0 Å². The fourth-order valence-electron chi connectivity index (χ4n) is 1.88. The molecule has 1 aromatic carbocycles. The Morgan fingerprint density at radius 1 is 1.35 bits per heavy atom.